The monoisotopic (exact) mass is 266 g/mol. The molecular weight excluding hydrogens is 232 g/mol. The van der Waals surface area contributed by atoms with Crippen molar-refractivity contribution in [2.75, 3.05) is 26.2 Å². The molecule has 0 aromatic heterocycles. The number of hydrogen-bond acceptors (Lipinski definition) is 2. The summed E-state index contributed by atoms with van der Waals surface area (Å²) in [5.74, 6) is 1.94. The Morgan fingerprint density at radius 1 is 1.00 bits per heavy atom. The minimum atomic E-state index is 0.755. The number of likely N-dealkylation sites (tertiary alicyclic amines) is 1. The van der Waals surface area contributed by atoms with Crippen molar-refractivity contribution in [2.24, 2.45) is 11.8 Å². The van der Waals surface area contributed by atoms with Gasteiger partial charge >= 0.3 is 0 Å². The molecule has 0 bridgehead atoms. The molecule has 0 radical (unpaired) electrons. The van der Waals surface area contributed by atoms with Crippen molar-refractivity contribution in [1.29, 1.82) is 0 Å². The second-order valence-corrected chi connectivity index (χ2v) is 6.71. The van der Waals surface area contributed by atoms with Gasteiger partial charge in [0.1, 0.15) is 0 Å². The van der Waals surface area contributed by atoms with Crippen LogP contribution in [0.4, 0.5) is 0 Å². The predicted molar refractivity (Wildman–Crippen MR) is 83.5 cm³/mol. The maximum Gasteiger partial charge on any atom is 0.0223 e. The highest BCUT2D eigenvalue weighted by atomic mass is 15.1. The Kier molecular flexibility index (Phi) is 6.66. The summed E-state index contributed by atoms with van der Waals surface area (Å²) in [6.45, 7) is 9.73. The normalized spacial score (nSPS) is 28.4. The Morgan fingerprint density at radius 2 is 1.79 bits per heavy atom. The fourth-order valence-corrected chi connectivity index (χ4v) is 4.10. The van der Waals surface area contributed by atoms with Gasteiger partial charge in [0.2, 0.25) is 0 Å². The van der Waals surface area contributed by atoms with Gasteiger partial charge < -0.3 is 10.2 Å². The molecular formula is C17H34N2. The summed E-state index contributed by atoms with van der Waals surface area (Å²) in [5.41, 5.74) is 0. The molecule has 1 saturated carbocycles. The van der Waals surface area contributed by atoms with Crippen LogP contribution < -0.4 is 5.32 Å². The molecule has 1 aliphatic heterocycles. The summed E-state index contributed by atoms with van der Waals surface area (Å²) >= 11 is 0. The van der Waals surface area contributed by atoms with Crippen LogP contribution in [0.3, 0.4) is 0 Å². The minimum absolute atomic E-state index is 0.755. The molecule has 2 fully saturated rings. The first-order chi connectivity index (χ1) is 9.33. The van der Waals surface area contributed by atoms with Gasteiger partial charge in [0, 0.05) is 12.6 Å². The molecule has 1 heterocycles. The molecule has 19 heavy (non-hydrogen) atoms. The van der Waals surface area contributed by atoms with Gasteiger partial charge in [-0.25, -0.2) is 0 Å². The fraction of sp³-hybridized carbons (Fsp3) is 1.00. The Bertz CT molecular complexity index is 235. The Morgan fingerprint density at radius 3 is 2.47 bits per heavy atom. The third-order valence-electron chi connectivity index (χ3n) is 5.41. The van der Waals surface area contributed by atoms with E-state index in [4.69, 9.17) is 0 Å². The molecule has 112 valence electrons. The van der Waals surface area contributed by atoms with Crippen LogP contribution in [0.15, 0.2) is 0 Å². The van der Waals surface area contributed by atoms with E-state index in [0.29, 0.717) is 0 Å². The Hall–Kier alpha value is -0.0800. The smallest absolute Gasteiger partial charge is 0.0223 e. The highest BCUT2D eigenvalue weighted by Crippen LogP contribution is 2.29. The van der Waals surface area contributed by atoms with Crippen molar-refractivity contribution in [3.8, 4) is 0 Å². The van der Waals surface area contributed by atoms with Gasteiger partial charge in [-0.2, -0.15) is 0 Å². The first-order valence-corrected chi connectivity index (χ1v) is 8.79. The molecule has 1 N–H and O–H groups in total. The van der Waals surface area contributed by atoms with Crippen LogP contribution >= 0.6 is 0 Å². The molecule has 0 amide bonds. The Labute approximate surface area is 120 Å². The molecule has 0 spiro atoms. The minimum Gasteiger partial charge on any atom is -0.313 e. The van der Waals surface area contributed by atoms with Crippen molar-refractivity contribution in [3.05, 3.63) is 0 Å². The highest BCUT2D eigenvalue weighted by Gasteiger charge is 2.26. The maximum absolute atomic E-state index is 3.78. The molecule has 2 heteroatoms. The van der Waals surface area contributed by atoms with Crippen molar-refractivity contribution in [1.82, 2.24) is 10.2 Å². The summed E-state index contributed by atoms with van der Waals surface area (Å²) < 4.78 is 0. The summed E-state index contributed by atoms with van der Waals surface area (Å²) in [4.78, 5) is 2.75. The number of nitrogens with one attached hydrogen (secondary N) is 1. The van der Waals surface area contributed by atoms with Crippen LogP contribution in [0.1, 0.15) is 65.2 Å². The lowest BCUT2D eigenvalue weighted by Gasteiger charge is -2.30. The molecule has 2 nitrogen and oxygen atoms in total. The average Bonchev–Trinajstić information content (AvgIpc) is 2.86. The van der Waals surface area contributed by atoms with Crippen molar-refractivity contribution in [3.63, 3.8) is 0 Å². The van der Waals surface area contributed by atoms with Crippen molar-refractivity contribution < 1.29 is 0 Å². The van der Waals surface area contributed by atoms with Crippen LogP contribution in [0.5, 0.6) is 0 Å². The van der Waals surface area contributed by atoms with E-state index in [0.717, 1.165) is 24.4 Å². The zero-order valence-corrected chi connectivity index (χ0v) is 13.2. The molecule has 2 atom stereocenters. The number of likely N-dealkylation sites (N-methyl/N-ethyl adjacent to an activating group) is 1. The Balaban J connectivity index is 1.82. The van der Waals surface area contributed by atoms with E-state index >= 15 is 0 Å². The van der Waals surface area contributed by atoms with E-state index in [9.17, 15) is 0 Å². The maximum atomic E-state index is 3.78. The van der Waals surface area contributed by atoms with E-state index in [-0.39, 0.29) is 0 Å². The van der Waals surface area contributed by atoms with Gasteiger partial charge in [0.05, 0.1) is 0 Å². The van der Waals surface area contributed by atoms with Gasteiger partial charge in [0.15, 0.2) is 0 Å². The van der Waals surface area contributed by atoms with E-state index in [1.807, 2.05) is 0 Å². The lowest BCUT2D eigenvalue weighted by Crippen LogP contribution is -2.45. The number of hydrogen-bond donors (Lipinski definition) is 1. The van der Waals surface area contributed by atoms with Gasteiger partial charge in [-0.3, -0.25) is 0 Å². The van der Waals surface area contributed by atoms with Crippen molar-refractivity contribution >= 4 is 0 Å². The van der Waals surface area contributed by atoms with Crippen LogP contribution in [-0.4, -0.2) is 37.1 Å². The second kappa shape index (κ2) is 8.26. The largest absolute Gasteiger partial charge is 0.313 e. The summed E-state index contributed by atoms with van der Waals surface area (Å²) in [7, 11) is 0. The van der Waals surface area contributed by atoms with E-state index in [1.165, 1.54) is 71.0 Å². The number of rotatable bonds is 6. The molecule has 0 aromatic carbocycles. The number of nitrogens with zero attached hydrogens (tertiary/aromatic N) is 1. The van der Waals surface area contributed by atoms with Gasteiger partial charge in [-0.05, 0) is 63.6 Å². The van der Waals surface area contributed by atoms with Gasteiger partial charge in [-0.15, -0.1) is 0 Å². The molecule has 2 aliphatic rings. The fourth-order valence-electron chi connectivity index (χ4n) is 4.10. The SMILES string of the molecule is CCNC(CN1CCCC(CC)CC1)C1CCCC1. The predicted octanol–water partition coefficient (Wildman–Crippen LogP) is 3.67. The molecule has 2 unspecified atom stereocenters. The van der Waals surface area contributed by atoms with Crippen LogP contribution in [0, 0.1) is 11.8 Å². The second-order valence-electron chi connectivity index (χ2n) is 6.71. The van der Waals surface area contributed by atoms with E-state index in [1.54, 1.807) is 0 Å². The first kappa shape index (κ1) is 15.3. The third kappa shape index (κ3) is 4.75. The zero-order valence-electron chi connectivity index (χ0n) is 13.2. The topological polar surface area (TPSA) is 15.3 Å². The molecule has 2 rings (SSSR count). The van der Waals surface area contributed by atoms with Crippen molar-refractivity contribution in [2.45, 2.75) is 71.3 Å². The standard InChI is InChI=1S/C17H34N2/c1-3-15-8-7-12-19(13-11-15)14-17(18-4-2)16-9-5-6-10-16/h15-18H,3-14H2,1-2H3. The van der Waals surface area contributed by atoms with Crippen LogP contribution in [0.25, 0.3) is 0 Å². The third-order valence-corrected chi connectivity index (χ3v) is 5.41. The lowest BCUT2D eigenvalue weighted by atomic mass is 9.97. The van der Waals surface area contributed by atoms with Gasteiger partial charge in [-0.1, -0.05) is 33.1 Å². The summed E-state index contributed by atoms with van der Waals surface area (Å²) in [6, 6.07) is 0.755. The molecule has 1 saturated heterocycles. The first-order valence-electron chi connectivity index (χ1n) is 8.79. The summed E-state index contributed by atoms with van der Waals surface area (Å²) in [5, 5.41) is 3.78. The highest BCUT2D eigenvalue weighted by molar-refractivity contribution is 4.84. The zero-order chi connectivity index (χ0) is 13.5. The van der Waals surface area contributed by atoms with Crippen LogP contribution in [0.2, 0.25) is 0 Å². The van der Waals surface area contributed by atoms with E-state index < -0.39 is 0 Å². The van der Waals surface area contributed by atoms with Crippen LogP contribution in [-0.2, 0) is 0 Å². The lowest BCUT2D eigenvalue weighted by molar-refractivity contribution is 0.213. The quantitative estimate of drug-likeness (QED) is 0.789. The van der Waals surface area contributed by atoms with E-state index in [2.05, 4.69) is 24.1 Å². The molecule has 0 aromatic rings. The molecule has 1 aliphatic carbocycles. The van der Waals surface area contributed by atoms with Gasteiger partial charge in [0.25, 0.3) is 0 Å². The summed E-state index contributed by atoms with van der Waals surface area (Å²) in [6.07, 6.45) is 11.5. The average molecular weight is 266 g/mol.